The maximum absolute atomic E-state index is 13.1. The molecule has 1 aliphatic rings. The molecule has 7 nitrogen and oxygen atoms in total. The zero-order valence-electron chi connectivity index (χ0n) is 19.5. The number of halogens is 1. The highest BCUT2D eigenvalue weighted by Crippen LogP contribution is 2.39. The number of carbonyl (C=O) groups excluding carboxylic acids is 2. The molecule has 1 amide bonds. The Morgan fingerprint density at radius 3 is 2.54 bits per heavy atom. The molecule has 0 saturated heterocycles. The molecule has 10 heteroatoms. The van der Waals surface area contributed by atoms with Gasteiger partial charge in [-0.25, -0.2) is 13.2 Å². The zero-order chi connectivity index (χ0) is 25.3. The summed E-state index contributed by atoms with van der Waals surface area (Å²) in [7, 11) is -2.77. The number of hydrogen-bond acceptors (Lipinski definition) is 6. The van der Waals surface area contributed by atoms with Crippen LogP contribution in [0.4, 0.5) is 10.7 Å². The van der Waals surface area contributed by atoms with Crippen molar-refractivity contribution in [3.8, 4) is 0 Å². The first kappa shape index (κ1) is 25.2. The predicted molar refractivity (Wildman–Crippen MR) is 138 cm³/mol. The highest BCUT2D eigenvalue weighted by molar-refractivity contribution is 7.92. The van der Waals surface area contributed by atoms with Crippen LogP contribution in [0.25, 0.3) is 0 Å². The summed E-state index contributed by atoms with van der Waals surface area (Å²) < 4.78 is 33.8. The van der Waals surface area contributed by atoms with Crippen LogP contribution >= 0.6 is 22.9 Å². The highest BCUT2D eigenvalue weighted by Gasteiger charge is 2.28. The number of fused-ring (bicyclic) bond motifs is 1. The number of anilines is 2. The van der Waals surface area contributed by atoms with Gasteiger partial charge in [0.15, 0.2) is 0 Å². The Labute approximate surface area is 213 Å². The van der Waals surface area contributed by atoms with E-state index in [1.165, 1.54) is 36.6 Å². The average molecular weight is 533 g/mol. The number of ether oxygens (including phenoxy) is 1. The number of amides is 1. The van der Waals surface area contributed by atoms with Gasteiger partial charge >= 0.3 is 5.97 Å². The standard InChI is InChI=1S/C25H25ClN2O5S2/c1-14-8-9-15(2)19(12-14)28-35(31,32)21-13-16(10-11-18(21)26)23(29)27-24-22(25(30)33-3)17-6-4-5-7-20(17)34-24/h8-13,28H,4-7H2,1-3H3,(H,27,29). The molecular formula is C25H25ClN2O5S2. The second-order valence-electron chi connectivity index (χ2n) is 8.43. The number of aryl methyl sites for hydroxylation is 3. The van der Waals surface area contributed by atoms with Gasteiger partial charge < -0.3 is 10.1 Å². The number of rotatable bonds is 6. The maximum Gasteiger partial charge on any atom is 0.341 e. The van der Waals surface area contributed by atoms with Crippen LogP contribution in [-0.4, -0.2) is 27.4 Å². The first-order valence-corrected chi connectivity index (χ1v) is 13.7. The lowest BCUT2D eigenvalue weighted by molar-refractivity contribution is 0.0601. The molecule has 1 heterocycles. The molecule has 4 rings (SSSR count). The summed E-state index contributed by atoms with van der Waals surface area (Å²) in [5.41, 5.74) is 3.47. The number of sulfonamides is 1. The van der Waals surface area contributed by atoms with Crippen LogP contribution in [0.1, 0.15) is 55.1 Å². The van der Waals surface area contributed by atoms with Crippen molar-refractivity contribution in [2.75, 3.05) is 17.1 Å². The second kappa shape index (κ2) is 10.0. The van der Waals surface area contributed by atoms with E-state index in [1.54, 1.807) is 13.0 Å². The number of nitrogens with one attached hydrogen (secondary N) is 2. The molecule has 184 valence electrons. The van der Waals surface area contributed by atoms with Gasteiger partial charge in [0.1, 0.15) is 9.90 Å². The Morgan fingerprint density at radius 1 is 1.06 bits per heavy atom. The third-order valence-electron chi connectivity index (χ3n) is 5.91. The first-order chi connectivity index (χ1) is 16.6. The number of methoxy groups -OCH3 is 1. The van der Waals surface area contributed by atoms with Gasteiger partial charge in [0.05, 0.1) is 23.4 Å². The minimum absolute atomic E-state index is 0.0128. The van der Waals surface area contributed by atoms with Crippen molar-refractivity contribution < 1.29 is 22.7 Å². The quantitative estimate of drug-likeness (QED) is 0.394. The number of hydrogen-bond donors (Lipinski definition) is 2. The zero-order valence-corrected chi connectivity index (χ0v) is 21.9. The van der Waals surface area contributed by atoms with Gasteiger partial charge in [-0.1, -0.05) is 23.7 Å². The first-order valence-electron chi connectivity index (χ1n) is 11.0. The van der Waals surface area contributed by atoms with Crippen LogP contribution in [-0.2, 0) is 27.6 Å². The SMILES string of the molecule is COC(=O)c1c(NC(=O)c2ccc(Cl)c(S(=O)(=O)Nc3cc(C)ccc3C)c2)sc2c1CCCC2. The fraction of sp³-hybridized carbons (Fsp3) is 0.280. The fourth-order valence-electron chi connectivity index (χ4n) is 4.04. The number of carbonyl (C=O) groups is 2. The monoisotopic (exact) mass is 532 g/mol. The van der Waals surface area contributed by atoms with E-state index in [0.717, 1.165) is 47.3 Å². The molecule has 0 fully saturated rings. The Balaban J connectivity index is 1.65. The van der Waals surface area contributed by atoms with Crippen molar-refractivity contribution in [2.45, 2.75) is 44.4 Å². The topological polar surface area (TPSA) is 102 Å². The van der Waals surface area contributed by atoms with Crippen LogP contribution in [0.3, 0.4) is 0 Å². The molecule has 1 aromatic heterocycles. The lowest BCUT2D eigenvalue weighted by atomic mass is 9.95. The Morgan fingerprint density at radius 2 is 1.80 bits per heavy atom. The van der Waals surface area contributed by atoms with E-state index in [2.05, 4.69) is 10.0 Å². The van der Waals surface area contributed by atoms with Gasteiger partial charge in [0, 0.05) is 10.4 Å². The average Bonchev–Trinajstić information content (AvgIpc) is 3.18. The van der Waals surface area contributed by atoms with Gasteiger partial charge in [-0.3, -0.25) is 9.52 Å². The van der Waals surface area contributed by atoms with E-state index >= 15 is 0 Å². The predicted octanol–water partition coefficient (Wildman–Crippen LogP) is 5.74. The molecule has 0 atom stereocenters. The van der Waals surface area contributed by atoms with Crippen LogP contribution in [0, 0.1) is 13.8 Å². The summed E-state index contributed by atoms with van der Waals surface area (Å²) >= 11 is 7.58. The molecule has 2 N–H and O–H groups in total. The third kappa shape index (κ3) is 5.22. The summed E-state index contributed by atoms with van der Waals surface area (Å²) in [5, 5.41) is 3.18. The van der Waals surface area contributed by atoms with E-state index in [4.69, 9.17) is 16.3 Å². The summed E-state index contributed by atoms with van der Waals surface area (Å²) in [6.07, 6.45) is 3.58. The molecule has 35 heavy (non-hydrogen) atoms. The Hall–Kier alpha value is -2.88. The minimum Gasteiger partial charge on any atom is -0.465 e. The van der Waals surface area contributed by atoms with Gasteiger partial charge in [-0.15, -0.1) is 11.3 Å². The number of esters is 1. The van der Waals surface area contributed by atoms with Crippen molar-refractivity contribution >= 4 is 55.5 Å². The van der Waals surface area contributed by atoms with Crippen molar-refractivity contribution in [3.05, 3.63) is 74.1 Å². The van der Waals surface area contributed by atoms with E-state index in [9.17, 15) is 18.0 Å². The van der Waals surface area contributed by atoms with Crippen molar-refractivity contribution in [1.29, 1.82) is 0 Å². The fourth-order valence-corrected chi connectivity index (χ4v) is 6.96. The molecule has 0 unspecified atom stereocenters. The largest absolute Gasteiger partial charge is 0.465 e. The molecule has 3 aromatic rings. The van der Waals surface area contributed by atoms with Crippen molar-refractivity contribution in [1.82, 2.24) is 0 Å². The molecule has 0 bridgehead atoms. The lowest BCUT2D eigenvalue weighted by Crippen LogP contribution is -2.18. The molecule has 2 aromatic carbocycles. The summed E-state index contributed by atoms with van der Waals surface area (Å²) in [4.78, 5) is 26.4. The van der Waals surface area contributed by atoms with Crippen LogP contribution in [0.2, 0.25) is 5.02 Å². The van der Waals surface area contributed by atoms with E-state index in [1.807, 2.05) is 19.1 Å². The Bertz CT molecular complexity index is 1430. The van der Waals surface area contributed by atoms with Crippen LogP contribution in [0.5, 0.6) is 0 Å². The highest BCUT2D eigenvalue weighted by atomic mass is 35.5. The van der Waals surface area contributed by atoms with Gasteiger partial charge in [0.25, 0.3) is 15.9 Å². The second-order valence-corrected chi connectivity index (χ2v) is 11.6. The van der Waals surface area contributed by atoms with E-state index < -0.39 is 21.9 Å². The summed E-state index contributed by atoms with van der Waals surface area (Å²) in [6.45, 7) is 3.66. The molecule has 1 aliphatic carbocycles. The summed E-state index contributed by atoms with van der Waals surface area (Å²) in [5.74, 6) is -1.05. The van der Waals surface area contributed by atoms with Crippen LogP contribution < -0.4 is 10.0 Å². The molecule has 0 saturated carbocycles. The van der Waals surface area contributed by atoms with Gasteiger partial charge in [-0.05, 0) is 80.5 Å². The smallest absolute Gasteiger partial charge is 0.341 e. The molecular weight excluding hydrogens is 508 g/mol. The summed E-state index contributed by atoms with van der Waals surface area (Å²) in [6, 6.07) is 9.48. The van der Waals surface area contributed by atoms with Crippen molar-refractivity contribution in [2.24, 2.45) is 0 Å². The minimum atomic E-state index is -4.07. The van der Waals surface area contributed by atoms with Crippen molar-refractivity contribution in [3.63, 3.8) is 0 Å². The third-order valence-corrected chi connectivity index (χ3v) is 8.96. The van der Waals surface area contributed by atoms with E-state index in [0.29, 0.717) is 16.3 Å². The van der Waals surface area contributed by atoms with Gasteiger partial charge in [0.2, 0.25) is 0 Å². The lowest BCUT2D eigenvalue weighted by Gasteiger charge is -2.14. The molecule has 0 spiro atoms. The molecule has 0 radical (unpaired) electrons. The van der Waals surface area contributed by atoms with E-state index in [-0.39, 0.29) is 15.5 Å². The number of thiophene rings is 1. The molecule has 0 aliphatic heterocycles. The Kier molecular flexibility index (Phi) is 7.21. The normalized spacial score (nSPS) is 13.1. The number of benzene rings is 2. The van der Waals surface area contributed by atoms with Gasteiger partial charge in [-0.2, -0.15) is 0 Å². The maximum atomic E-state index is 13.1. The van der Waals surface area contributed by atoms with Crippen LogP contribution in [0.15, 0.2) is 41.3 Å².